The molecule has 0 aromatic carbocycles. The molecular weight excluding hydrogens is 304 g/mol. The summed E-state index contributed by atoms with van der Waals surface area (Å²) in [7, 11) is 0. The summed E-state index contributed by atoms with van der Waals surface area (Å²) in [4.78, 5) is 25.8. The Hall–Kier alpha value is -1.00. The smallest absolute Gasteiger partial charge is 0.190 e. The molecule has 0 amide bonds. The maximum atomic E-state index is 13.4. The highest BCUT2D eigenvalue weighted by atomic mass is 16.6. The number of hydrogen-bond donors (Lipinski definition) is 1. The summed E-state index contributed by atoms with van der Waals surface area (Å²) in [5.74, 6) is 0.558. The van der Waals surface area contributed by atoms with E-state index in [9.17, 15) is 14.7 Å². The molecule has 5 aliphatic rings. The summed E-state index contributed by atoms with van der Waals surface area (Å²) >= 11 is 0. The van der Waals surface area contributed by atoms with Crippen LogP contribution in [0.5, 0.6) is 0 Å². The van der Waals surface area contributed by atoms with Crippen LogP contribution in [0.4, 0.5) is 0 Å². The second-order valence-corrected chi connectivity index (χ2v) is 9.58. The minimum Gasteiger partial charge on any atom is -0.385 e. The summed E-state index contributed by atoms with van der Waals surface area (Å²) in [5, 5.41) is 11.1. The molecular formula is C20H26O4. The van der Waals surface area contributed by atoms with Crippen LogP contribution in [0.3, 0.4) is 0 Å². The van der Waals surface area contributed by atoms with Crippen LogP contribution in [0.2, 0.25) is 0 Å². The van der Waals surface area contributed by atoms with Gasteiger partial charge in [0, 0.05) is 11.3 Å². The Balaban J connectivity index is 1.76. The average molecular weight is 330 g/mol. The number of Topliss-reactive ketones (excluding diaryl/α,β-unsaturated/α-hetero) is 2. The van der Waals surface area contributed by atoms with Gasteiger partial charge in [-0.05, 0) is 49.0 Å². The number of carbonyl (C=O) groups is 2. The van der Waals surface area contributed by atoms with E-state index in [1.807, 2.05) is 6.92 Å². The highest BCUT2D eigenvalue weighted by molar-refractivity contribution is 6.09. The number of aliphatic hydroxyl groups is 1. The Morgan fingerprint density at radius 1 is 1.29 bits per heavy atom. The lowest BCUT2D eigenvalue weighted by molar-refractivity contribution is -0.138. The van der Waals surface area contributed by atoms with Crippen molar-refractivity contribution in [3.63, 3.8) is 0 Å². The molecule has 4 nitrogen and oxygen atoms in total. The van der Waals surface area contributed by atoms with Gasteiger partial charge in [0.1, 0.15) is 11.7 Å². The average Bonchev–Trinajstić information content (AvgIpc) is 3.05. The zero-order chi connectivity index (χ0) is 17.4. The van der Waals surface area contributed by atoms with Gasteiger partial charge in [0.05, 0.1) is 5.41 Å². The summed E-state index contributed by atoms with van der Waals surface area (Å²) < 4.78 is 5.98. The van der Waals surface area contributed by atoms with Crippen LogP contribution in [0, 0.1) is 34.0 Å². The van der Waals surface area contributed by atoms with Crippen LogP contribution in [-0.2, 0) is 14.3 Å². The fraction of sp³-hybridized carbons (Fsp3) is 0.800. The zero-order valence-electron chi connectivity index (χ0n) is 14.9. The third kappa shape index (κ3) is 1.04. The predicted octanol–water partition coefficient (Wildman–Crippen LogP) is 2.29. The van der Waals surface area contributed by atoms with Gasteiger partial charge >= 0.3 is 0 Å². The highest BCUT2D eigenvalue weighted by Gasteiger charge is 2.94. The van der Waals surface area contributed by atoms with Crippen molar-refractivity contribution < 1.29 is 19.4 Å². The predicted molar refractivity (Wildman–Crippen MR) is 87.1 cm³/mol. The van der Waals surface area contributed by atoms with Crippen molar-refractivity contribution in [3.8, 4) is 0 Å². The highest BCUT2D eigenvalue weighted by Crippen LogP contribution is 2.86. The van der Waals surface area contributed by atoms with Gasteiger partial charge in [0.25, 0.3) is 0 Å². The molecule has 8 atom stereocenters. The van der Waals surface area contributed by atoms with Crippen LogP contribution in [0.25, 0.3) is 0 Å². The van der Waals surface area contributed by atoms with E-state index in [2.05, 4.69) is 27.4 Å². The molecule has 4 heteroatoms. The lowest BCUT2D eigenvalue weighted by Gasteiger charge is -2.46. The summed E-state index contributed by atoms with van der Waals surface area (Å²) in [6, 6.07) is 0. The van der Waals surface area contributed by atoms with E-state index >= 15 is 0 Å². The maximum absolute atomic E-state index is 13.4. The lowest BCUT2D eigenvalue weighted by atomic mass is 9.55. The molecule has 2 spiro atoms. The van der Waals surface area contributed by atoms with E-state index in [4.69, 9.17) is 4.74 Å². The van der Waals surface area contributed by atoms with Crippen molar-refractivity contribution in [3.05, 3.63) is 12.2 Å². The van der Waals surface area contributed by atoms with Gasteiger partial charge in [-0.3, -0.25) is 9.59 Å². The normalized spacial score (nSPS) is 60.5. The van der Waals surface area contributed by atoms with Gasteiger partial charge < -0.3 is 9.84 Å². The summed E-state index contributed by atoms with van der Waals surface area (Å²) in [5.41, 5.74) is -1.57. The molecule has 4 aliphatic carbocycles. The van der Waals surface area contributed by atoms with Crippen molar-refractivity contribution in [1.29, 1.82) is 0 Å². The Labute approximate surface area is 142 Å². The molecule has 4 saturated carbocycles. The molecule has 0 radical (unpaired) electrons. The number of ketones is 2. The van der Waals surface area contributed by atoms with Crippen LogP contribution in [-0.4, -0.2) is 34.5 Å². The minimum atomic E-state index is -0.957. The van der Waals surface area contributed by atoms with Gasteiger partial charge in [-0.15, -0.1) is 0 Å². The second kappa shape index (κ2) is 3.73. The van der Waals surface area contributed by atoms with E-state index in [1.54, 1.807) is 0 Å². The fourth-order valence-electron chi connectivity index (χ4n) is 8.10. The first-order valence-corrected chi connectivity index (χ1v) is 9.24. The first-order chi connectivity index (χ1) is 11.1. The SMILES string of the molecule is C=C1C(=O)[C@H]2O[C@@]23[C@@H]1C[C@]12CCC(C(C)C)[C@@]1(C)[C@@H](O)C(=O)[C@]32C. The summed E-state index contributed by atoms with van der Waals surface area (Å²) in [6.07, 6.45) is 1.26. The Morgan fingerprint density at radius 2 is 1.96 bits per heavy atom. The van der Waals surface area contributed by atoms with Gasteiger partial charge in [0.2, 0.25) is 0 Å². The molecule has 24 heavy (non-hydrogen) atoms. The van der Waals surface area contributed by atoms with Crippen molar-refractivity contribution in [2.45, 2.75) is 64.8 Å². The van der Waals surface area contributed by atoms with E-state index in [0.717, 1.165) is 19.3 Å². The van der Waals surface area contributed by atoms with Crippen LogP contribution in [0.1, 0.15) is 47.0 Å². The number of carbonyl (C=O) groups excluding carboxylic acids is 2. The Morgan fingerprint density at radius 3 is 2.58 bits per heavy atom. The van der Waals surface area contributed by atoms with Gasteiger partial charge in [-0.1, -0.05) is 27.4 Å². The second-order valence-electron chi connectivity index (χ2n) is 9.58. The third-order valence-corrected chi connectivity index (χ3v) is 9.23. The molecule has 1 saturated heterocycles. The fourth-order valence-corrected chi connectivity index (χ4v) is 8.10. The molecule has 0 aromatic heterocycles. The minimum absolute atomic E-state index is 0.0228. The van der Waals surface area contributed by atoms with E-state index in [-0.39, 0.29) is 22.9 Å². The number of hydrogen-bond acceptors (Lipinski definition) is 4. The first-order valence-electron chi connectivity index (χ1n) is 9.24. The standard InChI is InChI=1S/C20H26O4/c1-9(2)11-6-7-19-8-12-10(3)13(21)16-20(12,24-16)18(19,5)15(23)14(22)17(11,19)4/h9,11-12,14,16,22H,3,6-8H2,1-2,4-5H3/t11?,12-,14+,16-,17+,18+,19-,20+/m1/s1. The number of rotatable bonds is 1. The Bertz CT molecular complexity index is 725. The molecule has 1 heterocycles. The monoisotopic (exact) mass is 330 g/mol. The molecule has 1 unspecified atom stereocenters. The molecule has 1 N–H and O–H groups in total. The molecule has 0 bridgehead atoms. The topological polar surface area (TPSA) is 66.9 Å². The molecule has 0 aromatic rings. The van der Waals surface area contributed by atoms with E-state index < -0.39 is 28.6 Å². The molecule has 1 aliphatic heterocycles. The number of ether oxygens (including phenoxy) is 1. The van der Waals surface area contributed by atoms with Gasteiger partial charge in [-0.25, -0.2) is 0 Å². The van der Waals surface area contributed by atoms with Crippen molar-refractivity contribution in [2.75, 3.05) is 0 Å². The summed E-state index contributed by atoms with van der Waals surface area (Å²) in [6.45, 7) is 12.5. The van der Waals surface area contributed by atoms with Crippen LogP contribution in [0.15, 0.2) is 12.2 Å². The van der Waals surface area contributed by atoms with Crippen molar-refractivity contribution in [1.82, 2.24) is 0 Å². The maximum Gasteiger partial charge on any atom is 0.190 e. The Kier molecular flexibility index (Phi) is 2.37. The molecule has 130 valence electrons. The van der Waals surface area contributed by atoms with Crippen LogP contribution >= 0.6 is 0 Å². The quantitative estimate of drug-likeness (QED) is 0.592. The number of aliphatic hydroxyl groups excluding tert-OH is 1. The zero-order valence-corrected chi connectivity index (χ0v) is 14.9. The first kappa shape index (κ1) is 15.3. The van der Waals surface area contributed by atoms with Gasteiger partial charge in [-0.2, -0.15) is 0 Å². The van der Waals surface area contributed by atoms with E-state index in [1.165, 1.54) is 0 Å². The number of epoxide rings is 1. The van der Waals surface area contributed by atoms with E-state index in [0.29, 0.717) is 17.4 Å². The molecule has 5 fully saturated rings. The van der Waals surface area contributed by atoms with Crippen molar-refractivity contribution in [2.24, 2.45) is 34.0 Å². The van der Waals surface area contributed by atoms with Gasteiger partial charge in [0.15, 0.2) is 17.7 Å². The largest absolute Gasteiger partial charge is 0.385 e. The third-order valence-electron chi connectivity index (χ3n) is 9.23. The van der Waals surface area contributed by atoms with Crippen molar-refractivity contribution >= 4 is 11.6 Å². The van der Waals surface area contributed by atoms with Crippen LogP contribution < -0.4 is 0 Å². The lowest BCUT2D eigenvalue weighted by Crippen LogP contribution is -2.48. The molecule has 5 rings (SSSR count).